The van der Waals surface area contributed by atoms with E-state index in [-0.39, 0.29) is 11.0 Å². The Morgan fingerprint density at radius 1 is 1.00 bits per heavy atom. The highest BCUT2D eigenvalue weighted by Gasteiger charge is 2.08. The summed E-state index contributed by atoms with van der Waals surface area (Å²) in [6.45, 7) is 0. The van der Waals surface area contributed by atoms with Crippen LogP contribution in [-0.4, -0.2) is 16.1 Å². The summed E-state index contributed by atoms with van der Waals surface area (Å²) in [7, 11) is 0. The lowest BCUT2D eigenvalue weighted by molar-refractivity contribution is 0.0697. The van der Waals surface area contributed by atoms with E-state index in [1.807, 2.05) is 36.4 Å². The molecule has 2 N–H and O–H groups in total. The molecule has 1 aromatic heterocycles. The standard InChI is InChI=1S/C26H18ClNO3/c27-22-6-2-5-17(14-22)3-1-4-18-9-12-24-23(15-18)25(29)21(16-28-24)13-19-7-10-20(11-8-19)26(30)31/h2,5-12,14-16H,3,13H2,(H,28,29)(H,30,31). The van der Waals surface area contributed by atoms with Gasteiger partial charge >= 0.3 is 5.97 Å². The van der Waals surface area contributed by atoms with Gasteiger partial charge in [-0.05, 0) is 53.6 Å². The first-order valence-corrected chi connectivity index (χ1v) is 10.1. The van der Waals surface area contributed by atoms with Gasteiger partial charge in [-0.3, -0.25) is 4.79 Å². The van der Waals surface area contributed by atoms with Gasteiger partial charge in [0.15, 0.2) is 5.43 Å². The molecular formula is C26H18ClNO3. The molecule has 4 rings (SSSR count). The van der Waals surface area contributed by atoms with Crippen LogP contribution in [0, 0.1) is 11.8 Å². The van der Waals surface area contributed by atoms with Crippen molar-refractivity contribution in [2.75, 3.05) is 0 Å². The number of hydrogen-bond donors (Lipinski definition) is 2. The fourth-order valence-electron chi connectivity index (χ4n) is 3.35. The molecule has 4 nitrogen and oxygen atoms in total. The Labute approximate surface area is 184 Å². The van der Waals surface area contributed by atoms with Gasteiger partial charge in [0.05, 0.1) is 5.56 Å². The van der Waals surface area contributed by atoms with Crippen LogP contribution in [0.2, 0.25) is 5.02 Å². The van der Waals surface area contributed by atoms with Crippen LogP contribution in [0.1, 0.15) is 32.6 Å². The Kier molecular flexibility index (Phi) is 5.88. The summed E-state index contributed by atoms with van der Waals surface area (Å²) >= 11 is 6.01. The highest BCUT2D eigenvalue weighted by Crippen LogP contribution is 2.14. The van der Waals surface area contributed by atoms with Crippen LogP contribution >= 0.6 is 11.6 Å². The lowest BCUT2D eigenvalue weighted by Crippen LogP contribution is -2.11. The van der Waals surface area contributed by atoms with Crippen LogP contribution in [0.5, 0.6) is 0 Å². The maximum Gasteiger partial charge on any atom is 0.335 e. The number of nitrogens with one attached hydrogen (secondary N) is 1. The van der Waals surface area contributed by atoms with Crippen LogP contribution in [-0.2, 0) is 12.8 Å². The number of carboxylic acids is 1. The zero-order valence-electron chi connectivity index (χ0n) is 16.5. The molecule has 0 saturated carbocycles. The second-order valence-corrected chi connectivity index (χ2v) is 7.63. The van der Waals surface area contributed by atoms with Crippen molar-refractivity contribution >= 4 is 28.5 Å². The summed E-state index contributed by atoms with van der Waals surface area (Å²) in [5.41, 5.74) is 4.19. The summed E-state index contributed by atoms with van der Waals surface area (Å²) in [6.07, 6.45) is 2.69. The van der Waals surface area contributed by atoms with Gasteiger partial charge in [0.1, 0.15) is 0 Å². The lowest BCUT2D eigenvalue weighted by Gasteiger charge is -2.05. The van der Waals surface area contributed by atoms with Crippen molar-refractivity contribution in [3.8, 4) is 11.8 Å². The van der Waals surface area contributed by atoms with Gasteiger partial charge < -0.3 is 10.1 Å². The number of aromatic carboxylic acids is 1. The summed E-state index contributed by atoms with van der Waals surface area (Å²) in [4.78, 5) is 27.2. The van der Waals surface area contributed by atoms with Gasteiger partial charge in [-0.15, -0.1) is 0 Å². The van der Waals surface area contributed by atoms with Gasteiger partial charge in [0.2, 0.25) is 0 Å². The number of aromatic amines is 1. The van der Waals surface area contributed by atoms with E-state index in [0.717, 1.165) is 22.2 Å². The summed E-state index contributed by atoms with van der Waals surface area (Å²) in [5, 5.41) is 10.3. The highest BCUT2D eigenvalue weighted by atomic mass is 35.5. The van der Waals surface area contributed by atoms with Crippen LogP contribution in [0.4, 0.5) is 0 Å². The Bertz CT molecular complexity index is 1390. The van der Waals surface area contributed by atoms with Crippen molar-refractivity contribution in [2.45, 2.75) is 12.8 Å². The van der Waals surface area contributed by atoms with Gasteiger partial charge in [0.25, 0.3) is 0 Å². The van der Waals surface area contributed by atoms with Crippen LogP contribution in [0.15, 0.2) is 77.7 Å². The molecular weight excluding hydrogens is 410 g/mol. The summed E-state index contributed by atoms with van der Waals surface area (Å²) in [5.74, 6) is 5.27. The molecule has 3 aromatic carbocycles. The Morgan fingerprint density at radius 2 is 1.81 bits per heavy atom. The molecule has 0 fully saturated rings. The van der Waals surface area contributed by atoms with Crippen molar-refractivity contribution in [1.29, 1.82) is 0 Å². The number of carboxylic acid groups (broad SMARTS) is 1. The number of hydrogen-bond acceptors (Lipinski definition) is 2. The van der Waals surface area contributed by atoms with Gasteiger partial charge in [-0.2, -0.15) is 0 Å². The molecule has 0 aliphatic heterocycles. The van der Waals surface area contributed by atoms with E-state index in [1.165, 1.54) is 0 Å². The molecule has 1 heterocycles. The van der Waals surface area contributed by atoms with E-state index < -0.39 is 5.97 Å². The van der Waals surface area contributed by atoms with Crippen molar-refractivity contribution in [3.63, 3.8) is 0 Å². The molecule has 5 heteroatoms. The topological polar surface area (TPSA) is 70.2 Å². The highest BCUT2D eigenvalue weighted by molar-refractivity contribution is 6.30. The molecule has 0 aliphatic rings. The number of carbonyl (C=O) groups is 1. The SMILES string of the molecule is O=C(O)c1ccc(Cc2c[nH]c3ccc(C#CCc4cccc(Cl)c4)cc3c2=O)cc1. The molecule has 0 unspecified atom stereocenters. The zero-order chi connectivity index (χ0) is 21.8. The van der Waals surface area contributed by atoms with Crippen molar-refractivity contribution in [3.05, 3.63) is 116 Å². The largest absolute Gasteiger partial charge is 0.478 e. The quantitative estimate of drug-likeness (QED) is 0.447. The first kappa shape index (κ1) is 20.5. The minimum atomic E-state index is -0.973. The number of pyridine rings is 1. The fourth-order valence-corrected chi connectivity index (χ4v) is 3.56. The van der Waals surface area contributed by atoms with E-state index in [2.05, 4.69) is 16.8 Å². The first-order chi connectivity index (χ1) is 15.0. The van der Waals surface area contributed by atoms with Gasteiger partial charge in [-0.25, -0.2) is 4.79 Å². The van der Waals surface area contributed by atoms with Crippen molar-refractivity contribution < 1.29 is 9.90 Å². The number of H-pyrrole nitrogens is 1. The van der Waals surface area contributed by atoms with E-state index in [0.29, 0.717) is 28.8 Å². The van der Waals surface area contributed by atoms with E-state index >= 15 is 0 Å². The number of benzene rings is 3. The first-order valence-electron chi connectivity index (χ1n) is 9.69. The Hall–Kier alpha value is -3.81. The second-order valence-electron chi connectivity index (χ2n) is 7.19. The predicted molar refractivity (Wildman–Crippen MR) is 123 cm³/mol. The number of fused-ring (bicyclic) bond motifs is 1. The maximum absolute atomic E-state index is 13.0. The smallest absolute Gasteiger partial charge is 0.335 e. The summed E-state index contributed by atoms with van der Waals surface area (Å²) < 4.78 is 0. The molecule has 0 radical (unpaired) electrons. The van der Waals surface area contributed by atoms with Crippen molar-refractivity contribution in [1.82, 2.24) is 4.98 Å². The minimum Gasteiger partial charge on any atom is -0.478 e. The lowest BCUT2D eigenvalue weighted by atomic mass is 10.0. The molecule has 0 atom stereocenters. The Balaban J connectivity index is 1.59. The molecule has 0 saturated heterocycles. The third-order valence-electron chi connectivity index (χ3n) is 4.97. The number of aromatic nitrogens is 1. The average molecular weight is 428 g/mol. The predicted octanol–water partition coefficient (Wildman–Crippen LogP) is 5.06. The van der Waals surface area contributed by atoms with E-state index in [1.54, 1.807) is 36.5 Å². The maximum atomic E-state index is 13.0. The van der Waals surface area contributed by atoms with Gasteiger partial charge in [-0.1, -0.05) is 47.7 Å². The number of rotatable bonds is 4. The third kappa shape index (κ3) is 4.85. The monoisotopic (exact) mass is 427 g/mol. The van der Waals surface area contributed by atoms with Gasteiger partial charge in [0, 0.05) is 46.1 Å². The van der Waals surface area contributed by atoms with E-state index in [9.17, 15) is 9.59 Å². The third-order valence-corrected chi connectivity index (χ3v) is 5.20. The van der Waals surface area contributed by atoms with Crippen LogP contribution < -0.4 is 5.43 Å². The fraction of sp³-hybridized carbons (Fsp3) is 0.0769. The molecule has 0 bridgehead atoms. The normalized spacial score (nSPS) is 10.5. The molecule has 0 spiro atoms. The minimum absolute atomic E-state index is 0.0606. The molecule has 0 aliphatic carbocycles. The summed E-state index contributed by atoms with van der Waals surface area (Å²) in [6, 6.07) is 19.7. The average Bonchev–Trinajstić information content (AvgIpc) is 2.76. The van der Waals surface area contributed by atoms with Crippen LogP contribution in [0.3, 0.4) is 0 Å². The van der Waals surface area contributed by atoms with E-state index in [4.69, 9.17) is 16.7 Å². The Morgan fingerprint density at radius 3 is 2.55 bits per heavy atom. The zero-order valence-corrected chi connectivity index (χ0v) is 17.2. The van der Waals surface area contributed by atoms with Crippen molar-refractivity contribution in [2.24, 2.45) is 0 Å². The van der Waals surface area contributed by atoms with Crippen LogP contribution in [0.25, 0.3) is 10.9 Å². The molecule has 4 aromatic rings. The molecule has 31 heavy (non-hydrogen) atoms. The molecule has 0 amide bonds. The molecule has 152 valence electrons. The second kappa shape index (κ2) is 8.91. The number of halogens is 1.